The Morgan fingerprint density at radius 2 is 1.95 bits per heavy atom. The van der Waals surface area contributed by atoms with Gasteiger partial charge in [0.25, 0.3) is 0 Å². The largest absolute Gasteiger partial charge is 0.452 e. The second kappa shape index (κ2) is 5.38. The van der Waals surface area contributed by atoms with Crippen molar-refractivity contribution < 1.29 is 17.6 Å². The summed E-state index contributed by atoms with van der Waals surface area (Å²) in [7, 11) is 0. The van der Waals surface area contributed by atoms with E-state index in [-0.39, 0.29) is 21.9 Å². The van der Waals surface area contributed by atoms with Crippen LogP contribution in [0.3, 0.4) is 0 Å². The third-order valence-corrected chi connectivity index (χ3v) is 4.08. The quantitative estimate of drug-likeness (QED) is 0.542. The molecule has 0 aliphatic carbocycles. The van der Waals surface area contributed by atoms with Crippen molar-refractivity contribution in [3.8, 4) is 0 Å². The molecule has 0 aliphatic heterocycles. The number of rotatable bonds is 3. The molecule has 9 heteroatoms. The number of benzene rings is 1. The predicted molar refractivity (Wildman–Crippen MR) is 74.6 cm³/mol. The van der Waals surface area contributed by atoms with Gasteiger partial charge in [0.05, 0.1) is 11.0 Å². The minimum atomic E-state index is -4.64. The molecule has 0 aliphatic rings. The first-order valence-electron chi connectivity index (χ1n) is 6.36. The van der Waals surface area contributed by atoms with E-state index in [1.54, 1.807) is 18.2 Å². The lowest BCUT2D eigenvalue weighted by Gasteiger charge is -2.09. The normalized spacial score (nSPS) is 13.9. The lowest BCUT2D eigenvalue weighted by molar-refractivity contribution is -0.145. The van der Waals surface area contributed by atoms with Crippen LogP contribution in [0.25, 0.3) is 16.7 Å². The average Bonchev–Trinajstić information content (AvgIpc) is 2.90. The molecule has 3 rings (SSSR count). The zero-order chi connectivity index (χ0) is 15.9. The van der Waals surface area contributed by atoms with Crippen molar-refractivity contribution in [2.75, 3.05) is 5.75 Å². The summed E-state index contributed by atoms with van der Waals surface area (Å²) in [6.45, 7) is 1.37. The molecule has 1 atom stereocenters. The molecule has 0 saturated heterocycles. The van der Waals surface area contributed by atoms with Gasteiger partial charge in [-0.15, -0.1) is 10.2 Å². The number of hydrogen-bond donors (Lipinski definition) is 0. The summed E-state index contributed by atoms with van der Waals surface area (Å²) in [6.07, 6.45) is -5.75. The van der Waals surface area contributed by atoms with E-state index in [9.17, 15) is 17.6 Å². The first-order valence-corrected chi connectivity index (χ1v) is 7.34. The number of aromatic nitrogens is 4. The Labute approximate surface area is 126 Å². The number of para-hydroxylation sites is 2. The van der Waals surface area contributed by atoms with Crippen molar-refractivity contribution >= 4 is 28.4 Å². The SMILES string of the molecule is CC(F)CSc1nc2ccccc2n2c(C(F)(F)F)nnc12. The Hall–Kier alpha value is -1.90. The fourth-order valence-corrected chi connectivity index (χ4v) is 2.84. The summed E-state index contributed by atoms with van der Waals surface area (Å²) in [5, 5.41) is 7.07. The minimum Gasteiger partial charge on any atom is -0.267 e. The lowest BCUT2D eigenvalue weighted by Crippen LogP contribution is -2.12. The standard InChI is InChI=1S/C13H10F4N4S/c1-7(14)6-22-11-10-19-20-12(13(15,16)17)21(10)9-5-3-2-4-8(9)18-11/h2-5,7H,6H2,1H3. The van der Waals surface area contributed by atoms with Crippen molar-refractivity contribution in [1.82, 2.24) is 19.6 Å². The predicted octanol–water partition coefficient (Wildman–Crippen LogP) is 3.75. The summed E-state index contributed by atoms with van der Waals surface area (Å²) in [5.41, 5.74) is 0.610. The summed E-state index contributed by atoms with van der Waals surface area (Å²) in [4.78, 5) is 4.28. The molecular weight excluding hydrogens is 320 g/mol. The maximum atomic E-state index is 13.1. The van der Waals surface area contributed by atoms with Gasteiger partial charge in [-0.25, -0.2) is 9.37 Å². The van der Waals surface area contributed by atoms with Crippen LogP contribution in [-0.2, 0) is 6.18 Å². The maximum Gasteiger partial charge on any atom is 0.452 e. The number of nitrogens with zero attached hydrogens (tertiary/aromatic N) is 4. The molecule has 116 valence electrons. The van der Waals surface area contributed by atoms with Gasteiger partial charge >= 0.3 is 6.18 Å². The van der Waals surface area contributed by atoms with E-state index < -0.39 is 18.2 Å². The van der Waals surface area contributed by atoms with Crippen LogP contribution in [0.1, 0.15) is 12.7 Å². The van der Waals surface area contributed by atoms with E-state index >= 15 is 0 Å². The first kappa shape index (κ1) is 15.0. The second-order valence-electron chi connectivity index (χ2n) is 4.68. The molecule has 0 N–H and O–H groups in total. The highest BCUT2D eigenvalue weighted by Crippen LogP contribution is 2.32. The molecule has 0 amide bonds. The van der Waals surface area contributed by atoms with Gasteiger partial charge in [0.15, 0.2) is 5.65 Å². The van der Waals surface area contributed by atoms with E-state index in [1.165, 1.54) is 13.0 Å². The van der Waals surface area contributed by atoms with Crippen LogP contribution in [0.2, 0.25) is 0 Å². The van der Waals surface area contributed by atoms with Gasteiger partial charge in [0, 0.05) is 5.75 Å². The van der Waals surface area contributed by atoms with E-state index in [0.717, 1.165) is 16.2 Å². The maximum absolute atomic E-state index is 13.1. The highest BCUT2D eigenvalue weighted by molar-refractivity contribution is 7.99. The van der Waals surface area contributed by atoms with Crippen molar-refractivity contribution in [2.24, 2.45) is 0 Å². The molecule has 0 bridgehead atoms. The molecular formula is C13H10F4N4S. The molecule has 1 unspecified atom stereocenters. The summed E-state index contributed by atoms with van der Waals surface area (Å²) in [6, 6.07) is 6.39. The first-order chi connectivity index (χ1) is 10.4. The minimum absolute atomic E-state index is 0.0170. The lowest BCUT2D eigenvalue weighted by atomic mass is 10.3. The van der Waals surface area contributed by atoms with Crippen LogP contribution in [0.4, 0.5) is 17.6 Å². The highest BCUT2D eigenvalue weighted by Gasteiger charge is 2.38. The van der Waals surface area contributed by atoms with Crippen LogP contribution in [0.15, 0.2) is 29.3 Å². The summed E-state index contributed by atoms with van der Waals surface area (Å²) in [5.74, 6) is -1.04. The van der Waals surface area contributed by atoms with Gasteiger partial charge in [-0.2, -0.15) is 13.2 Å². The van der Waals surface area contributed by atoms with Crippen molar-refractivity contribution in [2.45, 2.75) is 24.3 Å². The molecule has 0 saturated carbocycles. The summed E-state index contributed by atoms with van der Waals surface area (Å²) >= 11 is 1.02. The van der Waals surface area contributed by atoms with Crippen LogP contribution < -0.4 is 0 Å². The number of hydrogen-bond acceptors (Lipinski definition) is 4. The molecule has 3 aromatic rings. The molecule has 0 fully saturated rings. The zero-order valence-electron chi connectivity index (χ0n) is 11.3. The Balaban J connectivity index is 2.30. The van der Waals surface area contributed by atoms with E-state index in [4.69, 9.17) is 0 Å². The zero-order valence-corrected chi connectivity index (χ0v) is 12.1. The molecule has 4 nitrogen and oxygen atoms in total. The number of thioether (sulfide) groups is 1. The second-order valence-corrected chi connectivity index (χ2v) is 5.69. The molecule has 0 spiro atoms. The summed E-state index contributed by atoms with van der Waals surface area (Å²) < 4.78 is 53.3. The number of fused-ring (bicyclic) bond motifs is 3. The van der Waals surface area contributed by atoms with Crippen LogP contribution in [0, 0.1) is 0 Å². The van der Waals surface area contributed by atoms with Gasteiger partial charge in [-0.3, -0.25) is 4.40 Å². The molecule has 22 heavy (non-hydrogen) atoms. The van der Waals surface area contributed by atoms with Gasteiger partial charge < -0.3 is 0 Å². The van der Waals surface area contributed by atoms with Gasteiger partial charge in [-0.1, -0.05) is 23.9 Å². The molecule has 0 radical (unpaired) electrons. The molecule has 2 aromatic heterocycles. The van der Waals surface area contributed by atoms with Crippen molar-refractivity contribution in [3.63, 3.8) is 0 Å². The van der Waals surface area contributed by atoms with E-state index in [0.29, 0.717) is 5.52 Å². The molecule has 1 aromatic carbocycles. The van der Waals surface area contributed by atoms with Gasteiger partial charge in [-0.05, 0) is 19.1 Å². The van der Waals surface area contributed by atoms with E-state index in [1.807, 2.05) is 0 Å². The van der Waals surface area contributed by atoms with Gasteiger partial charge in [0.1, 0.15) is 11.2 Å². The van der Waals surface area contributed by atoms with Gasteiger partial charge in [0.2, 0.25) is 5.82 Å². The number of alkyl halides is 4. The monoisotopic (exact) mass is 330 g/mol. The Morgan fingerprint density at radius 1 is 1.23 bits per heavy atom. The van der Waals surface area contributed by atoms with E-state index in [2.05, 4.69) is 15.2 Å². The average molecular weight is 330 g/mol. The fourth-order valence-electron chi connectivity index (χ4n) is 2.03. The third-order valence-electron chi connectivity index (χ3n) is 2.90. The van der Waals surface area contributed by atoms with Crippen molar-refractivity contribution in [1.29, 1.82) is 0 Å². The van der Waals surface area contributed by atoms with Crippen molar-refractivity contribution in [3.05, 3.63) is 30.1 Å². The Kier molecular flexibility index (Phi) is 3.67. The van der Waals surface area contributed by atoms with Crippen LogP contribution in [-0.4, -0.2) is 31.5 Å². The number of halogens is 4. The third kappa shape index (κ3) is 2.60. The van der Waals surface area contributed by atoms with Crippen LogP contribution in [0.5, 0.6) is 0 Å². The topological polar surface area (TPSA) is 43.1 Å². The molecule has 2 heterocycles. The Bertz CT molecular complexity index is 828. The smallest absolute Gasteiger partial charge is 0.267 e. The fraction of sp³-hybridized carbons (Fsp3) is 0.308. The Morgan fingerprint density at radius 3 is 2.64 bits per heavy atom. The van der Waals surface area contributed by atoms with Crippen LogP contribution >= 0.6 is 11.8 Å². The highest BCUT2D eigenvalue weighted by atomic mass is 32.2.